The molecule has 5 heteroatoms. The van der Waals surface area contributed by atoms with Crippen LogP contribution in [-0.2, 0) is 0 Å². The molecule has 0 amide bonds. The van der Waals surface area contributed by atoms with Crippen LogP contribution >= 0.6 is 11.3 Å². The Balaban J connectivity index is 1.19. The quantitative estimate of drug-likeness (QED) is 0.176. The zero-order valence-electron chi connectivity index (χ0n) is 30.7. The smallest absolute Gasteiger partial charge is 0.160 e. The van der Waals surface area contributed by atoms with E-state index in [0.717, 1.165) is 60.7 Å². The Morgan fingerprint density at radius 3 is 1.81 bits per heavy atom. The summed E-state index contributed by atoms with van der Waals surface area (Å²) in [5.41, 5.74) is 13.2. The molecule has 0 fully saturated rings. The molecular formula is C52H32N4S. The lowest BCUT2D eigenvalue weighted by Crippen LogP contribution is -1.99. The molecule has 0 saturated heterocycles. The number of para-hydroxylation sites is 3. The van der Waals surface area contributed by atoms with Gasteiger partial charge in [-0.05, 0) is 59.7 Å². The molecule has 8 aromatic carbocycles. The van der Waals surface area contributed by atoms with E-state index < -0.39 is 0 Å². The number of hydrogen-bond acceptors (Lipinski definition) is 3. The monoisotopic (exact) mass is 744 g/mol. The minimum Gasteiger partial charge on any atom is -0.309 e. The fourth-order valence-electron chi connectivity index (χ4n) is 8.86. The molecule has 266 valence electrons. The van der Waals surface area contributed by atoms with Gasteiger partial charge in [-0.3, -0.25) is 0 Å². The Morgan fingerprint density at radius 1 is 0.404 bits per heavy atom. The van der Waals surface area contributed by atoms with E-state index in [-0.39, 0.29) is 0 Å². The summed E-state index contributed by atoms with van der Waals surface area (Å²) in [6.45, 7) is 0. The van der Waals surface area contributed by atoms with Gasteiger partial charge in [0.2, 0.25) is 0 Å². The number of nitrogens with zero attached hydrogens (tertiary/aromatic N) is 4. The van der Waals surface area contributed by atoms with Crippen LogP contribution in [0, 0.1) is 0 Å². The van der Waals surface area contributed by atoms with Gasteiger partial charge < -0.3 is 9.13 Å². The second-order valence-electron chi connectivity index (χ2n) is 14.5. The molecule has 0 unspecified atom stereocenters. The lowest BCUT2D eigenvalue weighted by Gasteiger charge is -2.16. The molecule has 0 radical (unpaired) electrons. The first-order valence-corrected chi connectivity index (χ1v) is 20.1. The summed E-state index contributed by atoms with van der Waals surface area (Å²) in [4.78, 5) is 10.6. The van der Waals surface area contributed by atoms with Gasteiger partial charge in [0.15, 0.2) is 5.82 Å². The van der Waals surface area contributed by atoms with Gasteiger partial charge in [-0.2, -0.15) is 0 Å². The summed E-state index contributed by atoms with van der Waals surface area (Å²) in [5.74, 6) is 0.726. The van der Waals surface area contributed by atoms with Crippen LogP contribution in [0.2, 0.25) is 0 Å². The van der Waals surface area contributed by atoms with Crippen LogP contribution in [0.3, 0.4) is 0 Å². The number of thiophene rings is 1. The van der Waals surface area contributed by atoms with Crippen LogP contribution in [0.4, 0.5) is 0 Å². The molecule has 0 aliphatic rings. The zero-order valence-corrected chi connectivity index (χ0v) is 31.5. The molecule has 4 aromatic heterocycles. The maximum Gasteiger partial charge on any atom is 0.160 e. The first kappa shape index (κ1) is 32.0. The third kappa shape index (κ3) is 4.86. The third-order valence-electron chi connectivity index (χ3n) is 11.3. The van der Waals surface area contributed by atoms with Crippen molar-refractivity contribution < 1.29 is 0 Å². The van der Waals surface area contributed by atoms with Crippen molar-refractivity contribution in [1.29, 1.82) is 0 Å². The molecule has 0 saturated carbocycles. The van der Waals surface area contributed by atoms with E-state index in [1.165, 1.54) is 48.3 Å². The zero-order chi connectivity index (χ0) is 37.5. The van der Waals surface area contributed by atoms with Crippen molar-refractivity contribution in [2.24, 2.45) is 0 Å². The van der Waals surface area contributed by atoms with E-state index in [1.807, 2.05) is 6.07 Å². The molecule has 4 heterocycles. The molecular weight excluding hydrogens is 713 g/mol. The van der Waals surface area contributed by atoms with Crippen molar-refractivity contribution in [2.45, 2.75) is 0 Å². The summed E-state index contributed by atoms with van der Waals surface area (Å²) < 4.78 is 7.18. The highest BCUT2D eigenvalue weighted by molar-refractivity contribution is 7.26. The second kappa shape index (κ2) is 12.6. The Hall–Kier alpha value is -7.34. The lowest BCUT2D eigenvalue weighted by molar-refractivity contribution is 1.17. The number of hydrogen-bond donors (Lipinski definition) is 0. The van der Waals surface area contributed by atoms with Crippen LogP contribution in [0.5, 0.6) is 0 Å². The fourth-order valence-corrected chi connectivity index (χ4v) is 10.0. The number of fused-ring (bicyclic) bond motifs is 10. The highest BCUT2D eigenvalue weighted by Gasteiger charge is 2.23. The molecule has 12 rings (SSSR count). The van der Waals surface area contributed by atoms with E-state index in [9.17, 15) is 0 Å². The summed E-state index contributed by atoms with van der Waals surface area (Å²) in [6.07, 6.45) is 0. The molecule has 0 spiro atoms. The SMILES string of the molecule is c1ccc(-c2nc(-c3ccc(-n4c5ccccc5c5ccc6c(c7ccccc7n6-c6ccccc6)c54)cc3-c3ccccc3)c3sc4ccccc4c3n2)cc1. The molecule has 12 aromatic rings. The molecule has 57 heavy (non-hydrogen) atoms. The Kier molecular flexibility index (Phi) is 7.06. The van der Waals surface area contributed by atoms with Crippen LogP contribution in [0.15, 0.2) is 194 Å². The van der Waals surface area contributed by atoms with Crippen molar-refractivity contribution in [3.63, 3.8) is 0 Å². The maximum absolute atomic E-state index is 5.41. The van der Waals surface area contributed by atoms with E-state index in [4.69, 9.17) is 9.97 Å². The Bertz CT molecular complexity index is 3510. The first-order valence-electron chi connectivity index (χ1n) is 19.3. The largest absolute Gasteiger partial charge is 0.309 e. The molecule has 0 aliphatic carbocycles. The molecule has 0 aliphatic heterocycles. The summed E-state index contributed by atoms with van der Waals surface area (Å²) in [5, 5.41) is 6.08. The summed E-state index contributed by atoms with van der Waals surface area (Å²) in [7, 11) is 0. The van der Waals surface area contributed by atoms with Crippen molar-refractivity contribution in [1.82, 2.24) is 19.1 Å². The summed E-state index contributed by atoms with van der Waals surface area (Å²) in [6, 6.07) is 69.5. The molecule has 0 N–H and O–H groups in total. The molecule has 4 nitrogen and oxygen atoms in total. The second-order valence-corrected chi connectivity index (χ2v) is 15.6. The van der Waals surface area contributed by atoms with Gasteiger partial charge in [-0.25, -0.2) is 9.97 Å². The Morgan fingerprint density at radius 2 is 1.04 bits per heavy atom. The van der Waals surface area contributed by atoms with Crippen molar-refractivity contribution in [2.75, 3.05) is 0 Å². The first-order chi connectivity index (χ1) is 28.3. The standard InChI is InChI=1S/C52H32N4S/c1-4-16-33(17-5-1)42-32-36(28-29-38(42)48-51-49(41-24-12-15-27-46(41)57-51)54-52(53-48)34-18-6-2-7-19-34)56-43-25-13-10-22-37(43)39-30-31-45-47(50(39)56)40-23-11-14-26-44(40)55(45)35-20-8-3-9-21-35/h1-32H. The molecule has 0 bridgehead atoms. The van der Waals surface area contributed by atoms with Gasteiger partial charge in [0.05, 0.1) is 38.0 Å². The third-order valence-corrected chi connectivity index (χ3v) is 12.5. The highest BCUT2D eigenvalue weighted by atomic mass is 32.1. The summed E-state index contributed by atoms with van der Waals surface area (Å²) >= 11 is 1.77. The van der Waals surface area contributed by atoms with Gasteiger partial charge in [-0.1, -0.05) is 146 Å². The van der Waals surface area contributed by atoms with Crippen LogP contribution in [0.1, 0.15) is 0 Å². The van der Waals surface area contributed by atoms with Crippen LogP contribution in [0.25, 0.3) is 109 Å². The van der Waals surface area contributed by atoms with Gasteiger partial charge >= 0.3 is 0 Å². The van der Waals surface area contributed by atoms with Crippen molar-refractivity contribution in [3.05, 3.63) is 194 Å². The van der Waals surface area contributed by atoms with Crippen LogP contribution < -0.4 is 0 Å². The maximum atomic E-state index is 5.41. The van der Waals surface area contributed by atoms with Crippen molar-refractivity contribution in [3.8, 4) is 45.1 Å². The average Bonchev–Trinajstić information content (AvgIpc) is 3.95. The number of benzene rings is 8. The minimum atomic E-state index is 0.726. The van der Waals surface area contributed by atoms with E-state index in [1.54, 1.807) is 11.3 Å². The van der Waals surface area contributed by atoms with E-state index in [2.05, 4.69) is 197 Å². The van der Waals surface area contributed by atoms with Gasteiger partial charge in [0.25, 0.3) is 0 Å². The van der Waals surface area contributed by atoms with Crippen LogP contribution in [-0.4, -0.2) is 19.1 Å². The number of aromatic nitrogens is 4. The Labute approximate surface area is 332 Å². The predicted molar refractivity (Wildman–Crippen MR) is 240 cm³/mol. The van der Waals surface area contributed by atoms with E-state index >= 15 is 0 Å². The minimum absolute atomic E-state index is 0.726. The lowest BCUT2D eigenvalue weighted by atomic mass is 9.96. The highest BCUT2D eigenvalue weighted by Crippen LogP contribution is 2.45. The fraction of sp³-hybridized carbons (Fsp3) is 0. The normalized spacial score (nSPS) is 11.9. The average molecular weight is 745 g/mol. The van der Waals surface area contributed by atoms with Gasteiger partial charge in [-0.15, -0.1) is 11.3 Å². The van der Waals surface area contributed by atoms with E-state index in [0.29, 0.717) is 0 Å². The van der Waals surface area contributed by atoms with Gasteiger partial charge in [0, 0.05) is 54.1 Å². The van der Waals surface area contributed by atoms with Gasteiger partial charge in [0.1, 0.15) is 0 Å². The number of rotatable bonds is 5. The topological polar surface area (TPSA) is 35.6 Å². The predicted octanol–water partition coefficient (Wildman–Crippen LogP) is 14.0. The van der Waals surface area contributed by atoms with Crippen molar-refractivity contribution >= 4 is 75.3 Å². The molecule has 0 atom stereocenters.